The zero-order chi connectivity index (χ0) is 15.9. The van der Waals surface area contributed by atoms with Crippen molar-refractivity contribution in [2.45, 2.75) is 19.8 Å². The second kappa shape index (κ2) is 7.96. The zero-order valence-electron chi connectivity index (χ0n) is 12.7. The van der Waals surface area contributed by atoms with E-state index in [1.807, 2.05) is 12.1 Å². The first kappa shape index (κ1) is 16.5. The minimum Gasteiger partial charge on any atom is -0.441 e. The van der Waals surface area contributed by atoms with Gasteiger partial charge < -0.3 is 14.5 Å². The van der Waals surface area contributed by atoms with Crippen LogP contribution in [0.1, 0.15) is 17.9 Å². The molecular weight excluding hydrogens is 304 g/mol. The van der Waals surface area contributed by atoms with Gasteiger partial charge in [-0.15, -0.1) is 0 Å². The molecule has 0 atom stereocenters. The lowest BCUT2D eigenvalue weighted by molar-refractivity contribution is -0.120. The Kier molecular flexibility index (Phi) is 5.98. The number of rotatable bonds is 7. The van der Waals surface area contributed by atoms with Gasteiger partial charge in [-0.1, -0.05) is 11.6 Å². The molecule has 0 aliphatic heterocycles. The van der Waals surface area contributed by atoms with Gasteiger partial charge in [-0.05, 0) is 37.6 Å². The number of nitrogens with one attached hydrogen (secondary N) is 1. The van der Waals surface area contributed by atoms with E-state index < -0.39 is 0 Å². The highest BCUT2D eigenvalue weighted by Crippen LogP contribution is 2.23. The van der Waals surface area contributed by atoms with Crippen LogP contribution in [-0.2, 0) is 16.0 Å². The van der Waals surface area contributed by atoms with E-state index in [9.17, 15) is 4.79 Å². The Bertz CT molecular complexity index is 623. The van der Waals surface area contributed by atoms with Crippen molar-refractivity contribution in [3.63, 3.8) is 0 Å². The Hall–Kier alpha value is -1.85. The zero-order valence-corrected chi connectivity index (χ0v) is 13.4. The van der Waals surface area contributed by atoms with Crippen LogP contribution >= 0.6 is 11.6 Å². The Labute approximate surface area is 134 Å². The van der Waals surface area contributed by atoms with E-state index >= 15 is 0 Å². The normalized spacial score (nSPS) is 10.7. The molecule has 2 aromatic rings. The predicted molar refractivity (Wildman–Crippen MR) is 84.9 cm³/mol. The average Bonchev–Trinajstić information content (AvgIpc) is 2.85. The van der Waals surface area contributed by atoms with Crippen molar-refractivity contribution in [2.75, 3.05) is 20.3 Å². The van der Waals surface area contributed by atoms with E-state index in [-0.39, 0.29) is 12.3 Å². The van der Waals surface area contributed by atoms with Gasteiger partial charge in [0.2, 0.25) is 11.8 Å². The number of halogens is 1. The quantitative estimate of drug-likeness (QED) is 0.796. The summed E-state index contributed by atoms with van der Waals surface area (Å²) in [4.78, 5) is 16.3. The van der Waals surface area contributed by atoms with Crippen molar-refractivity contribution in [1.29, 1.82) is 0 Å². The molecule has 5 nitrogen and oxygen atoms in total. The lowest BCUT2D eigenvalue weighted by Gasteiger charge is -2.03. The summed E-state index contributed by atoms with van der Waals surface area (Å²) in [5, 5.41) is 3.49. The van der Waals surface area contributed by atoms with Crippen LogP contribution in [0.4, 0.5) is 0 Å². The number of methoxy groups -OCH3 is 1. The highest BCUT2D eigenvalue weighted by molar-refractivity contribution is 6.30. The van der Waals surface area contributed by atoms with Gasteiger partial charge in [0.15, 0.2) is 0 Å². The van der Waals surface area contributed by atoms with Crippen LogP contribution in [0.15, 0.2) is 28.7 Å². The lowest BCUT2D eigenvalue weighted by Crippen LogP contribution is -2.27. The number of ether oxygens (including phenoxy) is 1. The topological polar surface area (TPSA) is 64.4 Å². The minimum atomic E-state index is -0.0739. The van der Waals surface area contributed by atoms with Gasteiger partial charge in [0.05, 0.1) is 12.1 Å². The SMILES string of the molecule is COCCCNC(=O)Cc1nc(-c2ccc(Cl)cc2)oc1C. The van der Waals surface area contributed by atoms with Gasteiger partial charge in [-0.2, -0.15) is 0 Å². The largest absolute Gasteiger partial charge is 0.441 e. The second-order valence-corrected chi connectivity index (χ2v) is 5.34. The molecule has 1 aromatic heterocycles. The molecule has 6 heteroatoms. The highest BCUT2D eigenvalue weighted by atomic mass is 35.5. The number of oxazole rings is 1. The number of nitrogens with zero attached hydrogens (tertiary/aromatic N) is 1. The third kappa shape index (κ3) is 4.58. The maximum Gasteiger partial charge on any atom is 0.226 e. The van der Waals surface area contributed by atoms with Crippen molar-refractivity contribution in [2.24, 2.45) is 0 Å². The number of amides is 1. The number of aromatic nitrogens is 1. The molecule has 0 fully saturated rings. The van der Waals surface area contributed by atoms with Crippen LogP contribution < -0.4 is 5.32 Å². The van der Waals surface area contributed by atoms with Crippen LogP contribution in [0.5, 0.6) is 0 Å². The standard InChI is InChI=1S/C16H19ClN2O3/c1-11-14(10-15(20)18-8-3-9-21-2)19-16(22-11)12-4-6-13(17)7-5-12/h4-7H,3,8-10H2,1-2H3,(H,18,20). The van der Waals surface area contributed by atoms with Crippen LogP contribution in [0, 0.1) is 6.92 Å². The van der Waals surface area contributed by atoms with E-state index in [0.29, 0.717) is 35.5 Å². The molecule has 0 radical (unpaired) electrons. The molecular formula is C16H19ClN2O3. The Balaban J connectivity index is 1.98. The van der Waals surface area contributed by atoms with Gasteiger partial charge in [0.1, 0.15) is 5.76 Å². The smallest absolute Gasteiger partial charge is 0.226 e. The van der Waals surface area contributed by atoms with Crippen molar-refractivity contribution >= 4 is 17.5 Å². The van der Waals surface area contributed by atoms with E-state index in [4.69, 9.17) is 20.8 Å². The van der Waals surface area contributed by atoms with Crippen LogP contribution in [0.3, 0.4) is 0 Å². The molecule has 0 saturated carbocycles. The molecule has 1 heterocycles. The highest BCUT2D eigenvalue weighted by Gasteiger charge is 2.14. The number of carbonyl (C=O) groups is 1. The van der Waals surface area contributed by atoms with Crippen LogP contribution in [0.2, 0.25) is 5.02 Å². The van der Waals surface area contributed by atoms with Crippen molar-refractivity contribution in [1.82, 2.24) is 10.3 Å². The van der Waals surface area contributed by atoms with E-state index in [0.717, 1.165) is 12.0 Å². The van der Waals surface area contributed by atoms with Gasteiger partial charge in [-0.3, -0.25) is 4.79 Å². The maximum atomic E-state index is 11.9. The Morgan fingerprint density at radius 2 is 2.09 bits per heavy atom. The lowest BCUT2D eigenvalue weighted by atomic mass is 10.2. The number of carbonyl (C=O) groups excluding carboxylic acids is 1. The summed E-state index contributed by atoms with van der Waals surface area (Å²) in [5.41, 5.74) is 1.48. The van der Waals surface area contributed by atoms with Crippen LogP contribution in [-0.4, -0.2) is 31.2 Å². The maximum absolute atomic E-state index is 11.9. The minimum absolute atomic E-state index is 0.0739. The second-order valence-electron chi connectivity index (χ2n) is 4.90. The van der Waals surface area contributed by atoms with Gasteiger partial charge in [0, 0.05) is 30.8 Å². The molecule has 0 aliphatic carbocycles. The Morgan fingerprint density at radius 3 is 2.77 bits per heavy atom. The summed E-state index contributed by atoms with van der Waals surface area (Å²) in [6.07, 6.45) is 0.992. The van der Waals surface area contributed by atoms with E-state index in [1.165, 1.54) is 0 Å². The van der Waals surface area contributed by atoms with Gasteiger partial charge >= 0.3 is 0 Å². The van der Waals surface area contributed by atoms with E-state index in [1.54, 1.807) is 26.2 Å². The predicted octanol–water partition coefficient (Wildman–Crippen LogP) is 3.00. The molecule has 0 saturated heterocycles. The fourth-order valence-electron chi connectivity index (χ4n) is 1.97. The molecule has 2 rings (SSSR count). The molecule has 0 unspecified atom stereocenters. The summed E-state index contributed by atoms with van der Waals surface area (Å²) >= 11 is 5.86. The fourth-order valence-corrected chi connectivity index (χ4v) is 2.09. The Morgan fingerprint density at radius 1 is 1.36 bits per heavy atom. The van der Waals surface area contributed by atoms with Crippen LogP contribution in [0.25, 0.3) is 11.5 Å². The molecule has 0 aliphatic rings. The monoisotopic (exact) mass is 322 g/mol. The molecule has 118 valence electrons. The molecule has 0 bridgehead atoms. The fraction of sp³-hybridized carbons (Fsp3) is 0.375. The van der Waals surface area contributed by atoms with Gasteiger partial charge in [0.25, 0.3) is 0 Å². The number of hydrogen-bond donors (Lipinski definition) is 1. The first-order valence-corrected chi connectivity index (χ1v) is 7.46. The molecule has 1 amide bonds. The van der Waals surface area contributed by atoms with Crippen molar-refractivity contribution in [3.05, 3.63) is 40.7 Å². The number of hydrogen-bond acceptors (Lipinski definition) is 4. The van der Waals surface area contributed by atoms with Gasteiger partial charge in [-0.25, -0.2) is 4.98 Å². The summed E-state index contributed by atoms with van der Waals surface area (Å²) < 4.78 is 10.6. The van der Waals surface area contributed by atoms with E-state index in [2.05, 4.69) is 10.3 Å². The number of aryl methyl sites for hydroxylation is 1. The molecule has 1 aromatic carbocycles. The summed E-state index contributed by atoms with van der Waals surface area (Å²) in [5.74, 6) is 1.07. The summed E-state index contributed by atoms with van der Waals surface area (Å²) in [7, 11) is 1.64. The molecule has 0 spiro atoms. The third-order valence-corrected chi connectivity index (χ3v) is 3.41. The third-order valence-electron chi connectivity index (χ3n) is 3.16. The van der Waals surface area contributed by atoms with Crippen molar-refractivity contribution in [3.8, 4) is 11.5 Å². The van der Waals surface area contributed by atoms with Crippen molar-refractivity contribution < 1.29 is 13.9 Å². The molecule has 1 N–H and O–H groups in total. The number of benzene rings is 1. The summed E-state index contributed by atoms with van der Waals surface area (Å²) in [6, 6.07) is 7.22. The first-order valence-electron chi connectivity index (χ1n) is 7.08. The average molecular weight is 323 g/mol. The first-order chi connectivity index (χ1) is 10.6. The molecule has 22 heavy (non-hydrogen) atoms. The summed E-state index contributed by atoms with van der Waals surface area (Å²) in [6.45, 7) is 3.03.